The Hall–Kier alpha value is -3.38. The van der Waals surface area contributed by atoms with Crippen LogP contribution in [0.4, 0.5) is 0 Å². The molecule has 2 aromatic carbocycles. The van der Waals surface area contributed by atoms with Gasteiger partial charge in [-0.15, -0.1) is 0 Å². The zero-order valence-corrected chi connectivity index (χ0v) is 17.9. The van der Waals surface area contributed by atoms with Crippen molar-refractivity contribution in [3.05, 3.63) is 71.3 Å². The van der Waals surface area contributed by atoms with E-state index in [0.717, 1.165) is 48.1 Å². The van der Waals surface area contributed by atoms with Crippen molar-refractivity contribution in [2.24, 2.45) is 0 Å². The molecule has 0 heterocycles. The minimum absolute atomic E-state index is 0.0956. The number of hydrogen-bond donors (Lipinski definition) is 3. The first-order valence-electron chi connectivity index (χ1n) is 11.1. The Labute approximate surface area is 187 Å². The average molecular weight is 433 g/mol. The van der Waals surface area contributed by atoms with Crippen molar-refractivity contribution in [1.82, 2.24) is 10.8 Å². The third-order valence-corrected chi connectivity index (χ3v) is 5.71. The summed E-state index contributed by atoms with van der Waals surface area (Å²) in [6, 6.07) is 15.5. The van der Waals surface area contributed by atoms with Gasteiger partial charge in [-0.2, -0.15) is 0 Å². The molecule has 2 aliphatic rings. The minimum Gasteiger partial charge on any atom is -0.490 e. The summed E-state index contributed by atoms with van der Waals surface area (Å²) >= 11 is 0. The van der Waals surface area contributed by atoms with Crippen LogP contribution in [-0.4, -0.2) is 29.2 Å². The molecule has 0 aromatic heterocycles. The molecule has 0 spiro atoms. The van der Waals surface area contributed by atoms with Crippen molar-refractivity contribution in [2.45, 2.75) is 50.7 Å². The number of rotatable bonds is 8. The molecule has 2 aliphatic carbocycles. The number of carbonyl (C=O) groups is 2. The van der Waals surface area contributed by atoms with Crippen molar-refractivity contribution < 1.29 is 19.5 Å². The number of benzene rings is 2. The molecule has 4 rings (SSSR count). The SMILES string of the molecule is O=C(/C=C/c1ccc(C(=Cc2ccc(OC3CCCC3)cc2)C(=O)NC2CC2)cc1)NO. The molecule has 2 aromatic rings. The van der Waals surface area contributed by atoms with Crippen molar-refractivity contribution in [3.63, 3.8) is 0 Å². The highest BCUT2D eigenvalue weighted by molar-refractivity contribution is 6.24. The summed E-state index contributed by atoms with van der Waals surface area (Å²) in [7, 11) is 0. The molecule has 2 fully saturated rings. The monoisotopic (exact) mass is 432 g/mol. The number of hydrogen-bond acceptors (Lipinski definition) is 4. The Bertz CT molecular complexity index is 999. The first-order chi connectivity index (χ1) is 15.6. The van der Waals surface area contributed by atoms with Gasteiger partial charge < -0.3 is 10.1 Å². The number of hydroxylamine groups is 1. The van der Waals surface area contributed by atoms with Crippen molar-refractivity contribution in [3.8, 4) is 5.75 Å². The van der Waals surface area contributed by atoms with E-state index >= 15 is 0 Å². The lowest BCUT2D eigenvalue weighted by Crippen LogP contribution is -2.26. The summed E-state index contributed by atoms with van der Waals surface area (Å²) in [5, 5.41) is 11.7. The molecule has 0 atom stereocenters. The summed E-state index contributed by atoms with van der Waals surface area (Å²) in [5.41, 5.74) is 4.65. The second kappa shape index (κ2) is 10.3. The summed E-state index contributed by atoms with van der Waals surface area (Å²) in [6.45, 7) is 0. The van der Waals surface area contributed by atoms with Crippen molar-refractivity contribution in [1.29, 1.82) is 0 Å². The highest BCUT2D eigenvalue weighted by Crippen LogP contribution is 2.27. The summed E-state index contributed by atoms with van der Waals surface area (Å²) in [5.74, 6) is 0.168. The van der Waals surface area contributed by atoms with Gasteiger partial charge in [0.1, 0.15) is 5.75 Å². The standard InChI is InChI=1S/C26H28N2O4/c29-25(28-31)16-9-18-5-10-20(11-6-18)24(26(30)27-21-12-13-21)17-19-7-14-23(15-8-19)32-22-3-1-2-4-22/h5-11,14-17,21-22,31H,1-4,12-13H2,(H,27,30)(H,28,29)/b16-9+,24-17?. The van der Waals surface area contributed by atoms with Gasteiger partial charge in [0.05, 0.1) is 6.10 Å². The largest absolute Gasteiger partial charge is 0.490 e. The quantitative estimate of drug-likeness (QED) is 0.251. The Kier molecular flexibility index (Phi) is 7.02. The number of carbonyl (C=O) groups excluding carboxylic acids is 2. The first kappa shape index (κ1) is 21.8. The Balaban J connectivity index is 1.53. The van der Waals surface area contributed by atoms with Crippen LogP contribution in [0.3, 0.4) is 0 Å². The minimum atomic E-state index is -0.598. The van der Waals surface area contributed by atoms with Gasteiger partial charge in [-0.25, -0.2) is 5.48 Å². The van der Waals surface area contributed by atoms with E-state index in [-0.39, 0.29) is 11.9 Å². The third-order valence-electron chi connectivity index (χ3n) is 5.71. The lowest BCUT2D eigenvalue weighted by atomic mass is 10.00. The zero-order chi connectivity index (χ0) is 22.3. The molecule has 0 saturated heterocycles. The fourth-order valence-corrected chi connectivity index (χ4v) is 3.76. The molecule has 166 valence electrons. The Morgan fingerprint density at radius 1 is 0.906 bits per heavy atom. The number of nitrogens with one attached hydrogen (secondary N) is 2. The molecule has 32 heavy (non-hydrogen) atoms. The van der Waals surface area contributed by atoms with Crippen LogP contribution in [0.5, 0.6) is 5.75 Å². The third kappa shape index (κ3) is 6.08. The van der Waals surface area contributed by atoms with Crippen LogP contribution in [0.1, 0.15) is 55.2 Å². The molecule has 0 aliphatic heterocycles. The van der Waals surface area contributed by atoms with E-state index in [0.29, 0.717) is 11.7 Å². The van der Waals surface area contributed by atoms with Crippen molar-refractivity contribution >= 4 is 29.5 Å². The molecule has 0 radical (unpaired) electrons. The fraction of sp³-hybridized carbons (Fsp3) is 0.308. The van der Waals surface area contributed by atoms with Gasteiger partial charge in [0, 0.05) is 17.7 Å². The van der Waals surface area contributed by atoms with E-state index in [1.54, 1.807) is 11.6 Å². The lowest BCUT2D eigenvalue weighted by Gasteiger charge is -2.13. The fourth-order valence-electron chi connectivity index (χ4n) is 3.76. The maximum absolute atomic E-state index is 12.9. The predicted molar refractivity (Wildman–Crippen MR) is 124 cm³/mol. The zero-order valence-electron chi connectivity index (χ0n) is 17.9. The molecule has 0 bridgehead atoms. The molecule has 6 heteroatoms. The van der Waals surface area contributed by atoms with E-state index in [1.165, 1.54) is 18.9 Å². The molecule has 0 unspecified atom stereocenters. The number of ether oxygens (including phenoxy) is 1. The van der Waals surface area contributed by atoms with Gasteiger partial charge in [0.25, 0.3) is 11.8 Å². The normalized spacial score (nSPS) is 16.8. The highest BCUT2D eigenvalue weighted by Gasteiger charge is 2.25. The molecule has 6 nitrogen and oxygen atoms in total. The molecule has 2 amide bonds. The van der Waals surface area contributed by atoms with Crippen LogP contribution in [0.25, 0.3) is 17.7 Å². The van der Waals surface area contributed by atoms with Crippen LogP contribution < -0.4 is 15.5 Å². The molecule has 2 saturated carbocycles. The van der Waals surface area contributed by atoms with E-state index in [2.05, 4.69) is 5.32 Å². The van der Waals surface area contributed by atoms with Crippen LogP contribution in [0.2, 0.25) is 0 Å². The predicted octanol–water partition coefficient (Wildman–Crippen LogP) is 4.35. The second-order valence-electron chi connectivity index (χ2n) is 8.33. The summed E-state index contributed by atoms with van der Waals surface area (Å²) < 4.78 is 6.04. The molecular formula is C26H28N2O4. The summed E-state index contributed by atoms with van der Waals surface area (Å²) in [6.07, 6.45) is 11.8. The van der Waals surface area contributed by atoms with Crippen LogP contribution in [0.15, 0.2) is 54.6 Å². The van der Waals surface area contributed by atoms with Gasteiger partial charge in [-0.05, 0) is 79.5 Å². The first-order valence-corrected chi connectivity index (χ1v) is 11.1. The average Bonchev–Trinajstić information content (AvgIpc) is 3.48. The molecule has 3 N–H and O–H groups in total. The van der Waals surface area contributed by atoms with Crippen molar-refractivity contribution in [2.75, 3.05) is 0 Å². The van der Waals surface area contributed by atoms with Crippen LogP contribution in [0, 0.1) is 0 Å². The second-order valence-corrected chi connectivity index (χ2v) is 8.33. The highest BCUT2D eigenvalue weighted by atomic mass is 16.5. The van der Waals surface area contributed by atoms with E-state index in [1.807, 2.05) is 54.6 Å². The van der Waals surface area contributed by atoms with Crippen LogP contribution >= 0.6 is 0 Å². The van der Waals surface area contributed by atoms with Gasteiger partial charge in [0.2, 0.25) is 0 Å². The Morgan fingerprint density at radius 2 is 1.56 bits per heavy atom. The van der Waals surface area contributed by atoms with Gasteiger partial charge >= 0.3 is 0 Å². The maximum atomic E-state index is 12.9. The lowest BCUT2D eigenvalue weighted by molar-refractivity contribution is -0.124. The topological polar surface area (TPSA) is 87.7 Å². The van der Waals surface area contributed by atoms with Gasteiger partial charge in [0.15, 0.2) is 0 Å². The van der Waals surface area contributed by atoms with Gasteiger partial charge in [-0.1, -0.05) is 36.4 Å². The van der Waals surface area contributed by atoms with Crippen LogP contribution in [-0.2, 0) is 9.59 Å². The van der Waals surface area contributed by atoms with E-state index < -0.39 is 5.91 Å². The number of amides is 2. The van der Waals surface area contributed by atoms with Gasteiger partial charge in [-0.3, -0.25) is 14.8 Å². The Morgan fingerprint density at radius 3 is 2.19 bits per heavy atom. The molecular weight excluding hydrogens is 404 g/mol. The van der Waals surface area contributed by atoms with E-state index in [4.69, 9.17) is 9.94 Å². The summed E-state index contributed by atoms with van der Waals surface area (Å²) in [4.78, 5) is 24.1. The smallest absolute Gasteiger partial charge is 0.267 e. The maximum Gasteiger partial charge on any atom is 0.267 e. The van der Waals surface area contributed by atoms with E-state index in [9.17, 15) is 9.59 Å².